The van der Waals surface area contributed by atoms with Crippen LogP contribution in [0.3, 0.4) is 0 Å². The highest BCUT2D eigenvalue weighted by molar-refractivity contribution is 5.84. The van der Waals surface area contributed by atoms with Crippen LogP contribution in [-0.4, -0.2) is 30.9 Å². The minimum atomic E-state index is -0.669. The Balaban J connectivity index is 1.80. The molecule has 1 aliphatic heterocycles. The van der Waals surface area contributed by atoms with E-state index >= 15 is 0 Å². The molecule has 5 heteroatoms. The number of aliphatic hydroxyl groups is 1. The predicted octanol–water partition coefficient (Wildman–Crippen LogP) is 3.61. The second kappa shape index (κ2) is 6.50. The van der Waals surface area contributed by atoms with Gasteiger partial charge in [-0.05, 0) is 36.8 Å². The summed E-state index contributed by atoms with van der Waals surface area (Å²) < 4.78 is 11.0. The Morgan fingerprint density at radius 3 is 2.58 bits per heavy atom. The lowest BCUT2D eigenvalue weighted by molar-refractivity contribution is 0.169. The van der Waals surface area contributed by atoms with Gasteiger partial charge in [-0.15, -0.1) is 0 Å². The van der Waals surface area contributed by atoms with Crippen molar-refractivity contribution in [2.75, 3.05) is 25.7 Å². The Kier molecular flexibility index (Phi) is 4.17. The Morgan fingerprint density at radius 1 is 1.08 bits per heavy atom. The first kappa shape index (κ1) is 16.7. The number of nitrogens with zero attached hydrogens (tertiary/aromatic N) is 2. The third-order valence-corrected chi connectivity index (χ3v) is 5.02. The number of methoxy groups -OCH3 is 2. The highest BCUT2D eigenvalue weighted by Gasteiger charge is 2.30. The van der Waals surface area contributed by atoms with E-state index in [0.29, 0.717) is 18.8 Å². The van der Waals surface area contributed by atoms with Gasteiger partial charge in [0, 0.05) is 23.1 Å². The van der Waals surface area contributed by atoms with Gasteiger partial charge in [0.25, 0.3) is 0 Å². The van der Waals surface area contributed by atoms with E-state index in [1.165, 1.54) is 5.56 Å². The molecule has 3 aromatic rings. The number of aryl methyl sites for hydroxylation is 1. The summed E-state index contributed by atoms with van der Waals surface area (Å²) in [7, 11) is 3.27. The van der Waals surface area contributed by atoms with Gasteiger partial charge in [0.15, 0.2) is 0 Å². The molecule has 1 aromatic heterocycles. The number of pyridine rings is 1. The van der Waals surface area contributed by atoms with Gasteiger partial charge in [-0.2, -0.15) is 0 Å². The minimum absolute atomic E-state index is 0.460. The number of ether oxygens (including phenoxy) is 2. The lowest BCUT2D eigenvalue weighted by atomic mass is 9.95. The van der Waals surface area contributed by atoms with Crippen molar-refractivity contribution in [2.24, 2.45) is 0 Å². The monoisotopic (exact) mass is 350 g/mol. The third kappa shape index (κ3) is 2.65. The summed E-state index contributed by atoms with van der Waals surface area (Å²) in [5, 5.41) is 11.9. The van der Waals surface area contributed by atoms with Gasteiger partial charge in [-0.3, -0.25) is 0 Å². The van der Waals surface area contributed by atoms with E-state index in [2.05, 4.69) is 24.0 Å². The Hall–Kier alpha value is -2.79. The van der Waals surface area contributed by atoms with Gasteiger partial charge >= 0.3 is 0 Å². The molecule has 1 aliphatic rings. The van der Waals surface area contributed by atoms with E-state index in [-0.39, 0.29) is 0 Å². The summed E-state index contributed by atoms with van der Waals surface area (Å²) in [6.07, 6.45) is -0.669. The standard InChI is InChI=1S/C21H22N2O3/c1-13-10-20(22-16-7-5-4-6-14(13)16)23-11-15-18(25-2)8-9-19(26-3)21(15)17(24)12-23/h4-10,17,24H,11-12H2,1-3H3/t17-/m0/s1. The van der Waals surface area contributed by atoms with E-state index in [9.17, 15) is 5.11 Å². The molecular formula is C21H22N2O3. The van der Waals surface area contributed by atoms with Gasteiger partial charge in [0.2, 0.25) is 0 Å². The van der Waals surface area contributed by atoms with Crippen molar-refractivity contribution in [1.82, 2.24) is 4.98 Å². The summed E-state index contributed by atoms with van der Waals surface area (Å²) in [5.74, 6) is 2.30. The second-order valence-corrected chi connectivity index (χ2v) is 6.57. The van der Waals surface area contributed by atoms with E-state index in [0.717, 1.165) is 33.6 Å². The maximum Gasteiger partial charge on any atom is 0.129 e. The molecule has 134 valence electrons. The molecule has 0 radical (unpaired) electrons. The SMILES string of the molecule is COc1ccc(OC)c2c1CN(c1cc(C)c3ccccc3n1)C[C@@H]2O. The van der Waals surface area contributed by atoms with E-state index in [4.69, 9.17) is 14.5 Å². The Morgan fingerprint density at radius 2 is 1.81 bits per heavy atom. The fourth-order valence-corrected chi connectivity index (χ4v) is 3.74. The van der Waals surface area contributed by atoms with Crippen LogP contribution >= 0.6 is 0 Å². The summed E-state index contributed by atoms with van der Waals surface area (Å²) >= 11 is 0. The number of hydrogen-bond acceptors (Lipinski definition) is 5. The van der Waals surface area contributed by atoms with Crippen LogP contribution in [-0.2, 0) is 6.54 Å². The number of fused-ring (bicyclic) bond motifs is 2. The van der Waals surface area contributed by atoms with Crippen molar-refractivity contribution in [3.63, 3.8) is 0 Å². The average molecular weight is 350 g/mol. The normalized spacial score (nSPS) is 16.5. The van der Waals surface area contributed by atoms with Gasteiger partial charge in [0.1, 0.15) is 23.4 Å². The average Bonchev–Trinajstić information content (AvgIpc) is 2.67. The molecule has 0 fully saturated rings. The molecule has 0 saturated heterocycles. The maximum atomic E-state index is 10.8. The molecule has 0 unspecified atom stereocenters. The van der Waals surface area contributed by atoms with Crippen molar-refractivity contribution in [3.8, 4) is 11.5 Å². The maximum absolute atomic E-state index is 10.8. The summed E-state index contributed by atoms with van der Waals surface area (Å²) in [5.41, 5.74) is 3.88. The molecule has 26 heavy (non-hydrogen) atoms. The molecule has 0 amide bonds. The Labute approximate surface area is 152 Å². The quantitative estimate of drug-likeness (QED) is 0.782. The van der Waals surface area contributed by atoms with Crippen molar-refractivity contribution < 1.29 is 14.6 Å². The predicted molar refractivity (Wildman–Crippen MR) is 102 cm³/mol. The lowest BCUT2D eigenvalue weighted by Gasteiger charge is -2.35. The van der Waals surface area contributed by atoms with E-state index in [1.54, 1.807) is 14.2 Å². The van der Waals surface area contributed by atoms with Gasteiger partial charge in [-0.25, -0.2) is 4.98 Å². The molecule has 4 rings (SSSR count). The topological polar surface area (TPSA) is 54.8 Å². The highest BCUT2D eigenvalue weighted by atomic mass is 16.5. The van der Waals surface area contributed by atoms with E-state index < -0.39 is 6.10 Å². The van der Waals surface area contributed by atoms with Gasteiger partial charge in [-0.1, -0.05) is 18.2 Å². The zero-order chi connectivity index (χ0) is 18.3. The largest absolute Gasteiger partial charge is 0.496 e. The first-order valence-electron chi connectivity index (χ1n) is 8.65. The smallest absolute Gasteiger partial charge is 0.129 e. The fourth-order valence-electron chi connectivity index (χ4n) is 3.74. The van der Waals surface area contributed by atoms with Crippen LogP contribution < -0.4 is 14.4 Å². The van der Waals surface area contributed by atoms with Gasteiger partial charge in [0.05, 0.1) is 26.3 Å². The second-order valence-electron chi connectivity index (χ2n) is 6.57. The first-order chi connectivity index (χ1) is 12.6. The first-order valence-corrected chi connectivity index (χ1v) is 8.65. The molecule has 5 nitrogen and oxygen atoms in total. The van der Waals surface area contributed by atoms with Crippen molar-refractivity contribution in [1.29, 1.82) is 0 Å². The molecular weight excluding hydrogens is 328 g/mol. The number of β-amino-alcohol motifs (C(OH)–C–C–N with tert-alkyl or cyclic N) is 1. The van der Waals surface area contributed by atoms with Crippen LogP contribution in [0.4, 0.5) is 5.82 Å². The molecule has 0 saturated carbocycles. The Bertz CT molecular complexity index is 971. The summed E-state index contributed by atoms with van der Waals surface area (Å²) in [6, 6.07) is 13.9. The van der Waals surface area contributed by atoms with Crippen LogP contribution in [0.25, 0.3) is 10.9 Å². The summed E-state index contributed by atoms with van der Waals surface area (Å²) in [6.45, 7) is 3.16. The fraction of sp³-hybridized carbons (Fsp3) is 0.286. The van der Waals surface area contributed by atoms with Crippen LogP contribution in [0.5, 0.6) is 11.5 Å². The third-order valence-electron chi connectivity index (χ3n) is 5.02. The van der Waals surface area contributed by atoms with Crippen LogP contribution in [0.1, 0.15) is 22.8 Å². The molecule has 1 atom stereocenters. The van der Waals surface area contributed by atoms with Crippen LogP contribution in [0, 0.1) is 6.92 Å². The minimum Gasteiger partial charge on any atom is -0.496 e. The lowest BCUT2D eigenvalue weighted by Crippen LogP contribution is -2.34. The molecule has 0 aliphatic carbocycles. The molecule has 2 heterocycles. The number of rotatable bonds is 3. The number of benzene rings is 2. The number of para-hydroxylation sites is 1. The number of aliphatic hydroxyl groups excluding tert-OH is 1. The van der Waals surface area contributed by atoms with Crippen molar-refractivity contribution in [3.05, 3.63) is 59.2 Å². The van der Waals surface area contributed by atoms with E-state index in [1.807, 2.05) is 30.3 Å². The zero-order valence-electron chi connectivity index (χ0n) is 15.2. The number of aromatic nitrogens is 1. The molecule has 1 N–H and O–H groups in total. The number of anilines is 1. The van der Waals surface area contributed by atoms with Gasteiger partial charge < -0.3 is 19.5 Å². The highest BCUT2D eigenvalue weighted by Crippen LogP contribution is 2.40. The molecule has 0 bridgehead atoms. The zero-order valence-corrected chi connectivity index (χ0v) is 15.2. The summed E-state index contributed by atoms with van der Waals surface area (Å²) in [4.78, 5) is 6.90. The van der Waals surface area contributed by atoms with Crippen molar-refractivity contribution >= 4 is 16.7 Å². The van der Waals surface area contributed by atoms with Crippen LogP contribution in [0.15, 0.2) is 42.5 Å². The van der Waals surface area contributed by atoms with Crippen molar-refractivity contribution in [2.45, 2.75) is 19.6 Å². The molecule has 2 aromatic carbocycles. The van der Waals surface area contributed by atoms with Crippen LogP contribution in [0.2, 0.25) is 0 Å². The molecule has 0 spiro atoms. The number of hydrogen-bond donors (Lipinski definition) is 1.